The summed E-state index contributed by atoms with van der Waals surface area (Å²) in [5.74, 6) is 0.155. The topological polar surface area (TPSA) is 64.1 Å². The number of nitrogens with zero attached hydrogens (tertiary/aromatic N) is 2. The maximum absolute atomic E-state index is 11.9. The number of amides is 1. The number of hydrogen-bond acceptors (Lipinski definition) is 4. The lowest BCUT2D eigenvalue weighted by Gasteiger charge is -2.13. The van der Waals surface area contributed by atoms with E-state index in [0.29, 0.717) is 26.8 Å². The Morgan fingerprint density at radius 2 is 2.05 bits per heavy atom. The average molecular weight is 340 g/mol. The maximum Gasteiger partial charge on any atom is 0.258 e. The Labute approximate surface area is 138 Å². The summed E-state index contributed by atoms with van der Waals surface area (Å²) < 4.78 is 5.52. The molecule has 5 nitrogen and oxygen atoms in total. The van der Waals surface area contributed by atoms with Crippen molar-refractivity contribution in [3.8, 4) is 5.88 Å². The van der Waals surface area contributed by atoms with Crippen molar-refractivity contribution in [2.45, 2.75) is 31.7 Å². The van der Waals surface area contributed by atoms with Crippen molar-refractivity contribution in [3.63, 3.8) is 0 Å². The Morgan fingerprint density at radius 1 is 1.27 bits per heavy atom. The van der Waals surface area contributed by atoms with Crippen molar-refractivity contribution >= 4 is 40.0 Å². The molecule has 0 spiro atoms. The van der Waals surface area contributed by atoms with Crippen LogP contribution in [0.1, 0.15) is 25.7 Å². The zero-order valence-corrected chi connectivity index (χ0v) is 13.3. The summed E-state index contributed by atoms with van der Waals surface area (Å²) in [4.78, 5) is 20.1. The van der Waals surface area contributed by atoms with Crippen molar-refractivity contribution < 1.29 is 9.53 Å². The van der Waals surface area contributed by atoms with E-state index in [9.17, 15) is 4.79 Å². The third-order valence-electron chi connectivity index (χ3n) is 3.68. The summed E-state index contributed by atoms with van der Waals surface area (Å²) in [6, 6.07) is 3.55. The van der Waals surface area contributed by atoms with Gasteiger partial charge in [-0.1, -0.05) is 36.0 Å². The van der Waals surface area contributed by atoms with Crippen LogP contribution in [0.4, 0.5) is 0 Å². The first-order chi connectivity index (χ1) is 10.6. The molecule has 2 aromatic rings. The molecule has 22 heavy (non-hydrogen) atoms. The molecule has 7 heteroatoms. The average Bonchev–Trinajstić information content (AvgIpc) is 2.98. The second-order valence-corrected chi connectivity index (χ2v) is 6.14. The number of fused-ring (bicyclic) bond motifs is 1. The van der Waals surface area contributed by atoms with E-state index in [0.717, 1.165) is 12.8 Å². The molecule has 1 heterocycles. The molecule has 0 bridgehead atoms. The standard InChI is InChI=1S/C15H15Cl2N3O2/c16-9-5-11-14(12(17)6-9)18-8-19-15(11)22-7-13(21)20-10-3-1-2-4-10/h5-6,8,10H,1-4,7H2,(H,20,21). The molecule has 0 aliphatic heterocycles. The fourth-order valence-corrected chi connectivity index (χ4v) is 3.20. The van der Waals surface area contributed by atoms with Gasteiger partial charge in [-0.25, -0.2) is 9.97 Å². The summed E-state index contributed by atoms with van der Waals surface area (Å²) in [5.41, 5.74) is 0.548. The molecule has 0 unspecified atom stereocenters. The lowest BCUT2D eigenvalue weighted by Crippen LogP contribution is -2.36. The molecular weight excluding hydrogens is 325 g/mol. The van der Waals surface area contributed by atoms with Gasteiger partial charge in [0.15, 0.2) is 6.61 Å². The summed E-state index contributed by atoms with van der Waals surface area (Å²) >= 11 is 12.1. The van der Waals surface area contributed by atoms with E-state index in [2.05, 4.69) is 15.3 Å². The van der Waals surface area contributed by atoms with Crippen LogP contribution in [0.5, 0.6) is 5.88 Å². The number of hydrogen-bond donors (Lipinski definition) is 1. The Hall–Kier alpha value is -1.59. The second kappa shape index (κ2) is 6.67. The third-order valence-corrected chi connectivity index (χ3v) is 4.19. The zero-order chi connectivity index (χ0) is 15.5. The van der Waals surface area contributed by atoms with Crippen molar-refractivity contribution in [3.05, 3.63) is 28.5 Å². The van der Waals surface area contributed by atoms with Crippen molar-refractivity contribution in [1.29, 1.82) is 0 Å². The number of nitrogens with one attached hydrogen (secondary N) is 1. The Morgan fingerprint density at radius 3 is 2.82 bits per heavy atom. The molecule has 116 valence electrons. The van der Waals surface area contributed by atoms with E-state index < -0.39 is 0 Å². The highest BCUT2D eigenvalue weighted by Crippen LogP contribution is 2.30. The van der Waals surface area contributed by atoms with Crippen LogP contribution in [-0.2, 0) is 4.79 Å². The third kappa shape index (κ3) is 3.42. The van der Waals surface area contributed by atoms with Crippen LogP contribution in [0, 0.1) is 0 Å². The summed E-state index contributed by atoms with van der Waals surface area (Å²) in [5, 5.41) is 4.44. The van der Waals surface area contributed by atoms with Gasteiger partial charge in [0.05, 0.1) is 15.9 Å². The van der Waals surface area contributed by atoms with E-state index in [4.69, 9.17) is 27.9 Å². The molecule has 1 aliphatic carbocycles. The van der Waals surface area contributed by atoms with Gasteiger partial charge in [0, 0.05) is 11.1 Å². The minimum atomic E-state index is -0.146. The Bertz CT molecular complexity index is 702. The van der Waals surface area contributed by atoms with Crippen LogP contribution >= 0.6 is 23.2 Å². The van der Waals surface area contributed by atoms with E-state index in [1.807, 2.05) is 0 Å². The molecular formula is C15H15Cl2N3O2. The van der Waals surface area contributed by atoms with Crippen LogP contribution in [-0.4, -0.2) is 28.5 Å². The zero-order valence-electron chi connectivity index (χ0n) is 11.8. The quantitative estimate of drug-likeness (QED) is 0.927. The van der Waals surface area contributed by atoms with Crippen LogP contribution < -0.4 is 10.1 Å². The molecule has 1 fully saturated rings. The largest absolute Gasteiger partial charge is 0.467 e. The molecule has 1 aromatic heterocycles. The molecule has 1 amide bonds. The van der Waals surface area contributed by atoms with Gasteiger partial charge in [-0.3, -0.25) is 4.79 Å². The second-order valence-electron chi connectivity index (χ2n) is 5.30. The molecule has 1 aliphatic rings. The van der Waals surface area contributed by atoms with Gasteiger partial charge in [0.1, 0.15) is 6.33 Å². The molecule has 0 radical (unpaired) electrons. The predicted molar refractivity (Wildman–Crippen MR) is 85.5 cm³/mol. The van der Waals surface area contributed by atoms with Gasteiger partial charge in [-0.15, -0.1) is 0 Å². The highest BCUT2D eigenvalue weighted by molar-refractivity contribution is 6.38. The van der Waals surface area contributed by atoms with Gasteiger partial charge >= 0.3 is 0 Å². The number of ether oxygens (including phenoxy) is 1. The summed E-state index contributed by atoms with van der Waals surface area (Å²) in [7, 11) is 0. The first-order valence-corrected chi connectivity index (χ1v) is 7.91. The lowest BCUT2D eigenvalue weighted by atomic mass is 10.2. The number of halogens is 2. The van der Waals surface area contributed by atoms with Crippen molar-refractivity contribution in [1.82, 2.24) is 15.3 Å². The SMILES string of the molecule is O=C(COc1ncnc2c(Cl)cc(Cl)cc12)NC1CCCC1. The van der Waals surface area contributed by atoms with Crippen LogP contribution in [0.15, 0.2) is 18.5 Å². The molecule has 1 N–H and O–H groups in total. The number of rotatable bonds is 4. The van der Waals surface area contributed by atoms with E-state index >= 15 is 0 Å². The molecule has 1 saturated carbocycles. The van der Waals surface area contributed by atoms with Gasteiger partial charge in [0.2, 0.25) is 5.88 Å². The van der Waals surface area contributed by atoms with Gasteiger partial charge < -0.3 is 10.1 Å². The van der Waals surface area contributed by atoms with Crippen molar-refractivity contribution in [2.24, 2.45) is 0 Å². The lowest BCUT2D eigenvalue weighted by molar-refractivity contribution is -0.123. The van der Waals surface area contributed by atoms with Gasteiger partial charge in [-0.2, -0.15) is 0 Å². The Kier molecular flexibility index (Phi) is 4.64. The fourth-order valence-electron chi connectivity index (χ4n) is 2.66. The Balaban J connectivity index is 1.72. The highest BCUT2D eigenvalue weighted by Gasteiger charge is 2.18. The first-order valence-electron chi connectivity index (χ1n) is 7.15. The molecule has 3 rings (SSSR count). The highest BCUT2D eigenvalue weighted by atomic mass is 35.5. The number of benzene rings is 1. The van der Waals surface area contributed by atoms with Crippen molar-refractivity contribution in [2.75, 3.05) is 6.61 Å². The number of aromatic nitrogens is 2. The van der Waals surface area contributed by atoms with Gasteiger partial charge in [-0.05, 0) is 25.0 Å². The summed E-state index contributed by atoms with van der Waals surface area (Å²) in [6.45, 7) is -0.0905. The van der Waals surface area contributed by atoms with Crippen LogP contribution in [0.2, 0.25) is 10.0 Å². The number of carbonyl (C=O) groups is 1. The van der Waals surface area contributed by atoms with E-state index in [1.165, 1.54) is 19.2 Å². The first kappa shape index (κ1) is 15.3. The minimum Gasteiger partial charge on any atom is -0.467 e. The van der Waals surface area contributed by atoms with Gasteiger partial charge in [0.25, 0.3) is 5.91 Å². The molecule has 0 atom stereocenters. The van der Waals surface area contributed by atoms with Crippen LogP contribution in [0.25, 0.3) is 10.9 Å². The summed E-state index contributed by atoms with van der Waals surface area (Å²) in [6.07, 6.45) is 5.76. The normalized spacial score (nSPS) is 15.2. The maximum atomic E-state index is 11.9. The number of carbonyl (C=O) groups excluding carboxylic acids is 1. The minimum absolute atomic E-state index is 0.0905. The predicted octanol–water partition coefficient (Wildman–Crippen LogP) is 3.37. The molecule has 0 saturated heterocycles. The van der Waals surface area contributed by atoms with E-state index in [-0.39, 0.29) is 18.6 Å². The molecule has 1 aromatic carbocycles. The van der Waals surface area contributed by atoms with E-state index in [1.54, 1.807) is 12.1 Å². The van der Waals surface area contributed by atoms with Crippen LogP contribution in [0.3, 0.4) is 0 Å². The fraction of sp³-hybridized carbons (Fsp3) is 0.400. The monoisotopic (exact) mass is 339 g/mol. The smallest absolute Gasteiger partial charge is 0.258 e.